The van der Waals surface area contributed by atoms with Gasteiger partial charge in [-0.05, 0) is 25.1 Å². The first-order chi connectivity index (χ1) is 8.24. The van der Waals surface area contributed by atoms with Gasteiger partial charge < -0.3 is 5.32 Å². The van der Waals surface area contributed by atoms with Gasteiger partial charge in [0, 0.05) is 12.3 Å². The standard InChI is InChI=1S/C12H20ClN3S/c1-3-14-11(10-6-4-5-7-17-10)12-9(13)8-15-16(12)2/h8,10-11,14H,3-7H2,1-2H3. The van der Waals surface area contributed by atoms with Gasteiger partial charge in [0.05, 0.1) is 23.0 Å². The van der Waals surface area contributed by atoms with Crippen LogP contribution in [0.5, 0.6) is 0 Å². The van der Waals surface area contributed by atoms with Crippen molar-refractivity contribution in [2.45, 2.75) is 37.5 Å². The van der Waals surface area contributed by atoms with E-state index in [1.165, 1.54) is 25.0 Å². The van der Waals surface area contributed by atoms with Crippen LogP contribution in [-0.4, -0.2) is 27.3 Å². The number of hydrogen-bond donors (Lipinski definition) is 1. The predicted molar refractivity (Wildman–Crippen MR) is 74.7 cm³/mol. The molecule has 96 valence electrons. The number of halogens is 1. The summed E-state index contributed by atoms with van der Waals surface area (Å²) in [5.74, 6) is 1.27. The second-order valence-electron chi connectivity index (χ2n) is 4.44. The minimum atomic E-state index is 0.324. The van der Waals surface area contributed by atoms with Gasteiger partial charge in [-0.25, -0.2) is 0 Å². The number of aromatic nitrogens is 2. The van der Waals surface area contributed by atoms with E-state index in [-0.39, 0.29) is 0 Å². The normalized spacial score (nSPS) is 22.6. The zero-order valence-electron chi connectivity index (χ0n) is 10.4. The molecule has 2 unspecified atom stereocenters. The number of nitrogens with one attached hydrogen (secondary N) is 1. The third-order valence-electron chi connectivity index (χ3n) is 3.24. The van der Waals surface area contributed by atoms with Crippen LogP contribution in [0.3, 0.4) is 0 Å². The first-order valence-electron chi connectivity index (χ1n) is 6.26. The lowest BCUT2D eigenvalue weighted by Crippen LogP contribution is -2.33. The molecule has 2 heterocycles. The second kappa shape index (κ2) is 6.12. The van der Waals surface area contributed by atoms with Gasteiger partial charge in [-0.1, -0.05) is 24.9 Å². The number of nitrogens with zero attached hydrogens (tertiary/aromatic N) is 2. The first-order valence-corrected chi connectivity index (χ1v) is 7.69. The van der Waals surface area contributed by atoms with E-state index in [0.29, 0.717) is 11.3 Å². The summed E-state index contributed by atoms with van der Waals surface area (Å²) in [6.07, 6.45) is 5.69. The van der Waals surface area contributed by atoms with E-state index >= 15 is 0 Å². The average molecular weight is 274 g/mol. The maximum atomic E-state index is 6.26. The first kappa shape index (κ1) is 13.2. The Morgan fingerprint density at radius 2 is 2.47 bits per heavy atom. The summed E-state index contributed by atoms with van der Waals surface area (Å²) in [6, 6.07) is 0.324. The summed E-state index contributed by atoms with van der Waals surface area (Å²) in [6.45, 7) is 3.11. The van der Waals surface area contributed by atoms with Crippen molar-refractivity contribution in [1.82, 2.24) is 15.1 Å². The number of hydrogen-bond acceptors (Lipinski definition) is 3. The largest absolute Gasteiger partial charge is 0.308 e. The number of aryl methyl sites for hydroxylation is 1. The Morgan fingerprint density at radius 3 is 3.00 bits per heavy atom. The van der Waals surface area contributed by atoms with Gasteiger partial charge in [-0.15, -0.1) is 0 Å². The summed E-state index contributed by atoms with van der Waals surface area (Å²) in [7, 11) is 1.97. The van der Waals surface area contributed by atoms with E-state index in [1.807, 2.05) is 11.7 Å². The van der Waals surface area contributed by atoms with Crippen LogP contribution in [0, 0.1) is 0 Å². The highest BCUT2D eigenvalue weighted by molar-refractivity contribution is 8.00. The molecule has 1 saturated heterocycles. The fourth-order valence-corrected chi connectivity index (χ4v) is 4.13. The SMILES string of the molecule is CCNC(c1c(Cl)cnn1C)C1CCCCS1. The Balaban J connectivity index is 2.21. The van der Waals surface area contributed by atoms with Crippen molar-refractivity contribution in [2.24, 2.45) is 7.05 Å². The van der Waals surface area contributed by atoms with Crippen molar-refractivity contribution >= 4 is 23.4 Å². The molecular weight excluding hydrogens is 254 g/mol. The molecule has 1 aliphatic heterocycles. The van der Waals surface area contributed by atoms with Crippen molar-refractivity contribution in [3.05, 3.63) is 16.9 Å². The van der Waals surface area contributed by atoms with E-state index in [1.54, 1.807) is 6.20 Å². The van der Waals surface area contributed by atoms with Gasteiger partial charge in [0.2, 0.25) is 0 Å². The van der Waals surface area contributed by atoms with Gasteiger partial charge in [0.1, 0.15) is 0 Å². The summed E-state index contributed by atoms with van der Waals surface area (Å²) in [5.41, 5.74) is 1.13. The van der Waals surface area contributed by atoms with E-state index in [0.717, 1.165) is 17.3 Å². The smallest absolute Gasteiger partial charge is 0.0834 e. The Hall–Kier alpha value is -0.190. The number of rotatable bonds is 4. The van der Waals surface area contributed by atoms with E-state index in [4.69, 9.17) is 11.6 Å². The van der Waals surface area contributed by atoms with Gasteiger partial charge in [-0.3, -0.25) is 4.68 Å². The van der Waals surface area contributed by atoms with E-state index in [9.17, 15) is 0 Å². The minimum Gasteiger partial charge on any atom is -0.308 e. The quantitative estimate of drug-likeness (QED) is 0.915. The highest BCUT2D eigenvalue weighted by Gasteiger charge is 2.28. The van der Waals surface area contributed by atoms with Crippen molar-refractivity contribution in [1.29, 1.82) is 0 Å². The number of thioether (sulfide) groups is 1. The molecule has 1 aromatic rings. The Bertz CT molecular complexity index is 341. The fourth-order valence-electron chi connectivity index (χ4n) is 2.42. The zero-order chi connectivity index (χ0) is 12.3. The molecule has 1 N–H and O–H groups in total. The van der Waals surface area contributed by atoms with Crippen LogP contribution >= 0.6 is 23.4 Å². The van der Waals surface area contributed by atoms with Gasteiger partial charge in [0.25, 0.3) is 0 Å². The van der Waals surface area contributed by atoms with E-state index < -0.39 is 0 Å². The van der Waals surface area contributed by atoms with Gasteiger partial charge >= 0.3 is 0 Å². The van der Waals surface area contributed by atoms with E-state index in [2.05, 4.69) is 29.1 Å². The lowest BCUT2D eigenvalue weighted by Gasteiger charge is -2.30. The molecule has 0 aromatic carbocycles. The molecule has 0 bridgehead atoms. The third kappa shape index (κ3) is 2.98. The van der Waals surface area contributed by atoms with Crippen LogP contribution < -0.4 is 5.32 Å². The molecule has 1 aliphatic rings. The lowest BCUT2D eigenvalue weighted by atomic mass is 10.0. The van der Waals surface area contributed by atoms with Crippen LogP contribution in [0.15, 0.2) is 6.20 Å². The summed E-state index contributed by atoms with van der Waals surface area (Å²) in [5, 5.41) is 9.22. The minimum absolute atomic E-state index is 0.324. The maximum absolute atomic E-state index is 6.26. The maximum Gasteiger partial charge on any atom is 0.0834 e. The molecule has 2 atom stereocenters. The highest BCUT2D eigenvalue weighted by atomic mass is 35.5. The Kier molecular flexibility index (Phi) is 4.77. The molecule has 0 amide bonds. The van der Waals surface area contributed by atoms with Crippen LogP contribution in [0.25, 0.3) is 0 Å². The third-order valence-corrected chi connectivity index (χ3v) is 4.99. The molecule has 17 heavy (non-hydrogen) atoms. The molecule has 5 heteroatoms. The van der Waals surface area contributed by atoms with Crippen molar-refractivity contribution in [3.63, 3.8) is 0 Å². The van der Waals surface area contributed by atoms with Crippen LogP contribution in [0.4, 0.5) is 0 Å². The summed E-state index contributed by atoms with van der Waals surface area (Å²) < 4.78 is 1.91. The molecule has 1 aromatic heterocycles. The molecule has 0 saturated carbocycles. The Morgan fingerprint density at radius 1 is 1.65 bits per heavy atom. The van der Waals surface area contributed by atoms with Crippen LogP contribution in [0.1, 0.15) is 37.9 Å². The molecular formula is C12H20ClN3S. The molecule has 0 radical (unpaired) electrons. The van der Waals surface area contributed by atoms with Gasteiger partial charge in [0.15, 0.2) is 0 Å². The summed E-state index contributed by atoms with van der Waals surface area (Å²) in [4.78, 5) is 0. The molecule has 2 rings (SSSR count). The van der Waals surface area contributed by atoms with Crippen molar-refractivity contribution in [3.8, 4) is 0 Å². The molecule has 0 aliphatic carbocycles. The van der Waals surface area contributed by atoms with Crippen molar-refractivity contribution in [2.75, 3.05) is 12.3 Å². The second-order valence-corrected chi connectivity index (χ2v) is 6.20. The average Bonchev–Trinajstić information content (AvgIpc) is 2.68. The highest BCUT2D eigenvalue weighted by Crippen LogP contribution is 2.36. The zero-order valence-corrected chi connectivity index (χ0v) is 12.0. The Labute approximate surface area is 112 Å². The van der Waals surface area contributed by atoms with Gasteiger partial charge in [-0.2, -0.15) is 16.9 Å². The lowest BCUT2D eigenvalue weighted by molar-refractivity contribution is 0.464. The topological polar surface area (TPSA) is 29.9 Å². The monoisotopic (exact) mass is 273 g/mol. The predicted octanol–water partition coefficient (Wildman–Crippen LogP) is 3.01. The molecule has 1 fully saturated rings. The van der Waals surface area contributed by atoms with Crippen LogP contribution in [0.2, 0.25) is 5.02 Å². The molecule has 0 spiro atoms. The van der Waals surface area contributed by atoms with Crippen LogP contribution in [-0.2, 0) is 7.05 Å². The molecule has 3 nitrogen and oxygen atoms in total. The van der Waals surface area contributed by atoms with Crippen molar-refractivity contribution < 1.29 is 0 Å². The summed E-state index contributed by atoms with van der Waals surface area (Å²) >= 11 is 8.33. The fraction of sp³-hybridized carbons (Fsp3) is 0.750.